The fourth-order valence-electron chi connectivity index (χ4n) is 4.25. The summed E-state index contributed by atoms with van der Waals surface area (Å²) in [6, 6.07) is 24.7. The Bertz CT molecular complexity index is 1160. The van der Waals surface area contributed by atoms with Crippen molar-refractivity contribution < 1.29 is 24.2 Å². The predicted octanol–water partition coefficient (Wildman–Crippen LogP) is 4.36. The fourth-order valence-corrected chi connectivity index (χ4v) is 4.25. The topological polar surface area (TPSA) is 89.4 Å². The van der Waals surface area contributed by atoms with Crippen molar-refractivity contribution in [2.45, 2.75) is 38.0 Å². The van der Waals surface area contributed by atoms with E-state index < -0.39 is 12.1 Å². The van der Waals surface area contributed by atoms with Gasteiger partial charge in [-0.25, -0.2) is 0 Å². The lowest BCUT2D eigenvalue weighted by Crippen LogP contribution is -2.41. The van der Waals surface area contributed by atoms with Crippen molar-refractivity contribution in [3.63, 3.8) is 0 Å². The molecule has 1 amide bonds. The van der Waals surface area contributed by atoms with Crippen LogP contribution in [0.5, 0.6) is 5.75 Å². The molecule has 0 spiro atoms. The monoisotopic (exact) mass is 488 g/mol. The molecule has 3 aromatic rings. The van der Waals surface area contributed by atoms with Crippen molar-refractivity contribution >= 4 is 11.6 Å². The first-order valence-electron chi connectivity index (χ1n) is 12.1. The quantitative estimate of drug-likeness (QED) is 0.419. The van der Waals surface area contributed by atoms with Crippen LogP contribution in [0.25, 0.3) is 0 Å². The number of carbonyl (C=O) groups excluding carboxylic acids is 1. The van der Waals surface area contributed by atoms with Crippen molar-refractivity contribution in [1.82, 2.24) is 5.32 Å². The van der Waals surface area contributed by atoms with Crippen LogP contribution in [-0.4, -0.2) is 43.2 Å². The number of rotatable bonds is 11. The summed E-state index contributed by atoms with van der Waals surface area (Å²) in [5, 5.41) is 17.1. The molecular weight excluding hydrogens is 456 g/mol. The summed E-state index contributed by atoms with van der Waals surface area (Å²) in [4.78, 5) is 18.8. The summed E-state index contributed by atoms with van der Waals surface area (Å²) in [5.74, 6) is 0.541. The van der Waals surface area contributed by atoms with Crippen LogP contribution < -0.4 is 10.1 Å². The molecule has 0 fully saturated rings. The van der Waals surface area contributed by atoms with E-state index in [1.54, 1.807) is 7.11 Å². The van der Waals surface area contributed by atoms with E-state index in [2.05, 4.69) is 10.5 Å². The highest BCUT2D eigenvalue weighted by Gasteiger charge is 2.26. The number of nitrogens with one attached hydrogen (secondary N) is 1. The van der Waals surface area contributed by atoms with Gasteiger partial charge in [0.05, 0.1) is 25.5 Å². The molecule has 3 aromatic carbocycles. The van der Waals surface area contributed by atoms with Gasteiger partial charge in [0, 0.05) is 19.4 Å². The maximum Gasteiger partial charge on any atom is 0.250 e. The fraction of sp³-hybridized carbons (Fsp3) is 0.310. The van der Waals surface area contributed by atoms with Crippen LogP contribution in [0.4, 0.5) is 0 Å². The second kappa shape index (κ2) is 12.3. The third-order valence-corrected chi connectivity index (χ3v) is 6.20. The van der Waals surface area contributed by atoms with Gasteiger partial charge in [0.1, 0.15) is 11.9 Å². The number of ether oxygens (including phenoxy) is 2. The standard InChI is InChI=1S/C29H32N2O5/c1-3-35-28(29(33)30-26(19-32)21-9-5-4-6-10-21)17-20-8-7-11-23(16-20)25-18-27(36-31-25)22-12-14-24(34-2)15-13-22/h4-16,26-28,32H,3,17-19H2,1-2H3,(H,30,33)/t26-,27?,28+/m0/s1. The first-order chi connectivity index (χ1) is 17.6. The largest absolute Gasteiger partial charge is 0.497 e. The SMILES string of the molecule is CCO[C@H](Cc1cccc(C2=NOC(c3ccc(OC)cc3)C2)c1)C(=O)N[C@@H](CO)c1ccccc1. The van der Waals surface area contributed by atoms with Crippen LogP contribution in [0.3, 0.4) is 0 Å². The Labute approximate surface area is 211 Å². The zero-order chi connectivity index (χ0) is 25.3. The van der Waals surface area contributed by atoms with E-state index in [4.69, 9.17) is 14.3 Å². The van der Waals surface area contributed by atoms with Gasteiger partial charge in [-0.15, -0.1) is 0 Å². The molecule has 7 heteroatoms. The number of hydrogen-bond donors (Lipinski definition) is 2. The lowest BCUT2D eigenvalue weighted by atomic mass is 9.97. The Balaban J connectivity index is 1.42. The van der Waals surface area contributed by atoms with Crippen molar-refractivity contribution in [3.8, 4) is 5.75 Å². The number of carbonyl (C=O) groups is 1. The lowest BCUT2D eigenvalue weighted by Gasteiger charge is -2.22. The zero-order valence-corrected chi connectivity index (χ0v) is 20.6. The molecule has 0 bridgehead atoms. The molecule has 1 unspecified atom stereocenters. The molecule has 36 heavy (non-hydrogen) atoms. The Morgan fingerprint density at radius 3 is 2.58 bits per heavy atom. The molecule has 0 saturated heterocycles. The molecule has 7 nitrogen and oxygen atoms in total. The minimum atomic E-state index is -0.683. The maximum atomic E-state index is 13.1. The van der Waals surface area contributed by atoms with Crippen molar-refractivity contribution in [3.05, 3.63) is 101 Å². The molecule has 188 valence electrons. The highest BCUT2D eigenvalue weighted by atomic mass is 16.6. The van der Waals surface area contributed by atoms with Gasteiger partial charge in [0.15, 0.2) is 6.10 Å². The van der Waals surface area contributed by atoms with Crippen LogP contribution in [0.1, 0.15) is 47.7 Å². The van der Waals surface area contributed by atoms with Gasteiger partial charge < -0.3 is 24.7 Å². The van der Waals surface area contributed by atoms with Gasteiger partial charge >= 0.3 is 0 Å². The number of benzene rings is 3. The zero-order valence-electron chi connectivity index (χ0n) is 20.6. The summed E-state index contributed by atoms with van der Waals surface area (Å²) in [5.41, 5.74) is 4.65. The van der Waals surface area contributed by atoms with E-state index in [9.17, 15) is 9.90 Å². The smallest absolute Gasteiger partial charge is 0.250 e. The third-order valence-electron chi connectivity index (χ3n) is 6.20. The number of oxime groups is 1. The van der Waals surface area contributed by atoms with Gasteiger partial charge in [0.2, 0.25) is 5.91 Å². The first kappa shape index (κ1) is 25.4. The number of nitrogens with zero attached hydrogens (tertiary/aromatic N) is 1. The number of methoxy groups -OCH3 is 1. The van der Waals surface area contributed by atoms with E-state index in [-0.39, 0.29) is 18.6 Å². The highest BCUT2D eigenvalue weighted by Crippen LogP contribution is 2.30. The second-order valence-electron chi connectivity index (χ2n) is 8.61. The van der Waals surface area contributed by atoms with Crippen LogP contribution >= 0.6 is 0 Å². The average molecular weight is 489 g/mol. The molecule has 0 aromatic heterocycles. The van der Waals surface area contributed by atoms with Gasteiger partial charge in [-0.05, 0) is 47.4 Å². The molecule has 1 aliphatic rings. The van der Waals surface area contributed by atoms with E-state index in [1.165, 1.54) is 0 Å². The van der Waals surface area contributed by atoms with E-state index >= 15 is 0 Å². The van der Waals surface area contributed by atoms with Crippen LogP contribution in [0, 0.1) is 0 Å². The van der Waals surface area contributed by atoms with Crippen LogP contribution in [0.2, 0.25) is 0 Å². The van der Waals surface area contributed by atoms with Gasteiger partial charge in [-0.1, -0.05) is 65.8 Å². The van der Waals surface area contributed by atoms with Crippen molar-refractivity contribution in [2.24, 2.45) is 5.16 Å². The lowest BCUT2D eigenvalue weighted by molar-refractivity contribution is -0.133. The average Bonchev–Trinajstić information content (AvgIpc) is 3.42. The summed E-state index contributed by atoms with van der Waals surface area (Å²) < 4.78 is 11.0. The summed E-state index contributed by atoms with van der Waals surface area (Å²) in [6.07, 6.45) is 0.221. The minimum absolute atomic E-state index is 0.148. The summed E-state index contributed by atoms with van der Waals surface area (Å²) in [6.45, 7) is 2.07. The molecular formula is C29H32N2O5. The first-order valence-corrected chi connectivity index (χ1v) is 12.1. The Morgan fingerprint density at radius 2 is 1.89 bits per heavy atom. The second-order valence-corrected chi connectivity index (χ2v) is 8.61. The number of aliphatic hydroxyl groups is 1. The third kappa shape index (κ3) is 6.30. The molecule has 0 saturated carbocycles. The highest BCUT2D eigenvalue weighted by molar-refractivity contribution is 6.01. The predicted molar refractivity (Wildman–Crippen MR) is 138 cm³/mol. The van der Waals surface area contributed by atoms with Crippen molar-refractivity contribution in [2.75, 3.05) is 20.3 Å². The van der Waals surface area contributed by atoms with E-state index in [1.807, 2.05) is 85.8 Å². The van der Waals surface area contributed by atoms with E-state index in [0.29, 0.717) is 19.4 Å². The molecule has 0 radical (unpaired) electrons. The minimum Gasteiger partial charge on any atom is -0.497 e. The molecule has 4 rings (SSSR count). The molecule has 0 aliphatic carbocycles. The Kier molecular flexibility index (Phi) is 8.71. The van der Waals surface area contributed by atoms with Crippen LogP contribution in [0.15, 0.2) is 84.0 Å². The molecule has 3 atom stereocenters. The number of aliphatic hydroxyl groups excluding tert-OH is 1. The summed E-state index contributed by atoms with van der Waals surface area (Å²) >= 11 is 0. The number of hydrogen-bond acceptors (Lipinski definition) is 6. The summed E-state index contributed by atoms with van der Waals surface area (Å²) in [7, 11) is 1.64. The molecule has 1 aliphatic heterocycles. The van der Waals surface area contributed by atoms with Crippen LogP contribution in [-0.2, 0) is 20.8 Å². The number of amides is 1. The Hall–Kier alpha value is -3.68. The normalized spacial score (nSPS) is 16.5. The van der Waals surface area contributed by atoms with E-state index in [0.717, 1.165) is 33.7 Å². The Morgan fingerprint density at radius 1 is 1.11 bits per heavy atom. The van der Waals surface area contributed by atoms with Gasteiger partial charge in [0.25, 0.3) is 0 Å². The van der Waals surface area contributed by atoms with Gasteiger partial charge in [-0.3, -0.25) is 4.79 Å². The maximum absolute atomic E-state index is 13.1. The molecule has 1 heterocycles. The van der Waals surface area contributed by atoms with Crippen molar-refractivity contribution in [1.29, 1.82) is 0 Å². The van der Waals surface area contributed by atoms with Gasteiger partial charge in [-0.2, -0.15) is 0 Å². The molecule has 2 N–H and O–H groups in total.